The molecule has 140 valence electrons. The van der Waals surface area contributed by atoms with Gasteiger partial charge in [0.15, 0.2) is 5.96 Å². The normalized spacial score (nSPS) is 20.5. The summed E-state index contributed by atoms with van der Waals surface area (Å²) in [4.78, 5) is 4.76. The molecule has 2 fully saturated rings. The number of nitrogens with zero attached hydrogens (tertiary/aromatic N) is 1. The third-order valence-corrected chi connectivity index (χ3v) is 5.99. The van der Waals surface area contributed by atoms with Crippen LogP contribution in [-0.2, 0) is 6.54 Å². The zero-order valence-electron chi connectivity index (χ0n) is 15.0. The number of para-hydroxylation sites is 1. The summed E-state index contributed by atoms with van der Waals surface area (Å²) in [6.07, 6.45) is 6.72. The van der Waals surface area contributed by atoms with Gasteiger partial charge in [-0.25, -0.2) is 4.99 Å². The number of thioether (sulfide) groups is 1. The maximum atomic E-state index is 6.10. The minimum atomic E-state index is 0. The molecule has 3 rings (SSSR count). The lowest BCUT2D eigenvalue weighted by molar-refractivity contribution is 0.119. The van der Waals surface area contributed by atoms with Gasteiger partial charge in [0, 0.05) is 23.9 Å². The van der Waals surface area contributed by atoms with Crippen LogP contribution in [0.25, 0.3) is 0 Å². The predicted molar refractivity (Wildman–Crippen MR) is 118 cm³/mol. The molecule has 4 nitrogen and oxygen atoms in total. The number of rotatable bonds is 7. The number of hydrogen-bond donors (Lipinski definition) is 2. The van der Waals surface area contributed by atoms with Crippen LogP contribution in [-0.4, -0.2) is 36.2 Å². The molecule has 0 bridgehead atoms. The molecule has 1 aliphatic carbocycles. The van der Waals surface area contributed by atoms with Crippen LogP contribution >= 0.6 is 35.7 Å². The van der Waals surface area contributed by atoms with Gasteiger partial charge < -0.3 is 15.4 Å². The van der Waals surface area contributed by atoms with Gasteiger partial charge in [0.1, 0.15) is 5.75 Å². The first-order chi connectivity index (χ1) is 11.8. The zero-order chi connectivity index (χ0) is 16.6. The molecule has 2 aliphatic rings. The Morgan fingerprint density at radius 2 is 2.04 bits per heavy atom. The Kier molecular flexibility index (Phi) is 9.23. The summed E-state index contributed by atoms with van der Waals surface area (Å²) < 4.78 is 6.10. The number of hydrogen-bond acceptors (Lipinski definition) is 3. The zero-order valence-corrected chi connectivity index (χ0v) is 18.1. The molecule has 25 heavy (non-hydrogen) atoms. The first-order valence-electron chi connectivity index (χ1n) is 9.23. The Hall–Kier alpha value is -0.630. The van der Waals surface area contributed by atoms with Gasteiger partial charge in [0.25, 0.3) is 0 Å². The van der Waals surface area contributed by atoms with Crippen molar-refractivity contribution in [2.24, 2.45) is 4.99 Å². The second-order valence-electron chi connectivity index (χ2n) is 6.49. The highest BCUT2D eigenvalue weighted by Crippen LogP contribution is 2.28. The van der Waals surface area contributed by atoms with Crippen LogP contribution < -0.4 is 15.4 Å². The highest BCUT2D eigenvalue weighted by atomic mass is 127. The largest absolute Gasteiger partial charge is 0.490 e. The Morgan fingerprint density at radius 3 is 2.72 bits per heavy atom. The maximum Gasteiger partial charge on any atom is 0.191 e. The number of ether oxygens (including phenoxy) is 1. The van der Waals surface area contributed by atoms with E-state index in [1.807, 2.05) is 6.07 Å². The summed E-state index contributed by atoms with van der Waals surface area (Å²) in [5.41, 5.74) is 1.16. The first-order valence-corrected chi connectivity index (χ1v) is 10.3. The van der Waals surface area contributed by atoms with E-state index in [1.54, 1.807) is 0 Å². The topological polar surface area (TPSA) is 45.7 Å². The fraction of sp³-hybridized carbons (Fsp3) is 0.632. The van der Waals surface area contributed by atoms with E-state index in [0.29, 0.717) is 12.6 Å². The van der Waals surface area contributed by atoms with Gasteiger partial charge in [-0.15, -0.1) is 24.0 Å². The number of aliphatic imine (C=N–C) groups is 1. The molecule has 2 N–H and O–H groups in total. The quantitative estimate of drug-likeness (QED) is 0.353. The first kappa shape index (κ1) is 20.7. The summed E-state index contributed by atoms with van der Waals surface area (Å²) in [5.74, 6) is 3.20. The Labute approximate surface area is 173 Å². The van der Waals surface area contributed by atoms with E-state index < -0.39 is 0 Å². The van der Waals surface area contributed by atoms with Crippen LogP contribution in [0.15, 0.2) is 29.3 Å². The van der Waals surface area contributed by atoms with Crippen molar-refractivity contribution in [1.29, 1.82) is 0 Å². The fourth-order valence-corrected chi connectivity index (χ4v) is 4.14. The highest BCUT2D eigenvalue weighted by Gasteiger charge is 2.20. The lowest BCUT2D eigenvalue weighted by Crippen LogP contribution is -2.40. The van der Waals surface area contributed by atoms with E-state index in [4.69, 9.17) is 9.73 Å². The molecule has 1 atom stereocenters. The molecule has 0 amide bonds. The lowest BCUT2D eigenvalue weighted by Gasteiger charge is -2.27. The van der Waals surface area contributed by atoms with Gasteiger partial charge in [-0.05, 0) is 50.8 Å². The van der Waals surface area contributed by atoms with E-state index >= 15 is 0 Å². The molecule has 0 radical (unpaired) electrons. The van der Waals surface area contributed by atoms with Gasteiger partial charge in [-0.3, -0.25) is 0 Å². The molecule has 1 heterocycles. The molecule has 1 aromatic rings. The van der Waals surface area contributed by atoms with Crippen LogP contribution in [0.4, 0.5) is 0 Å². The molecule has 0 spiro atoms. The average molecular weight is 475 g/mol. The second-order valence-corrected chi connectivity index (χ2v) is 7.90. The smallest absolute Gasteiger partial charge is 0.191 e. The minimum Gasteiger partial charge on any atom is -0.490 e. The van der Waals surface area contributed by atoms with Crippen molar-refractivity contribution < 1.29 is 4.74 Å². The van der Waals surface area contributed by atoms with E-state index in [9.17, 15) is 0 Å². The number of benzene rings is 1. The number of halogens is 1. The van der Waals surface area contributed by atoms with Gasteiger partial charge in [-0.2, -0.15) is 11.8 Å². The summed E-state index contributed by atoms with van der Waals surface area (Å²) in [6.45, 7) is 4.63. The monoisotopic (exact) mass is 475 g/mol. The van der Waals surface area contributed by atoms with Crippen molar-refractivity contribution in [3.8, 4) is 5.75 Å². The molecule has 1 saturated heterocycles. The molecule has 1 saturated carbocycles. The summed E-state index contributed by atoms with van der Waals surface area (Å²) in [6, 6.07) is 8.29. The summed E-state index contributed by atoms with van der Waals surface area (Å²) in [5, 5.41) is 7.57. The van der Waals surface area contributed by atoms with Crippen molar-refractivity contribution in [3.63, 3.8) is 0 Å². The van der Waals surface area contributed by atoms with Crippen molar-refractivity contribution in [3.05, 3.63) is 29.8 Å². The molecule has 6 heteroatoms. The average Bonchev–Trinajstić information content (AvgIpc) is 3.08. The molecule has 1 aromatic carbocycles. The van der Waals surface area contributed by atoms with Crippen LogP contribution in [0.5, 0.6) is 5.75 Å². The van der Waals surface area contributed by atoms with Crippen LogP contribution in [0.1, 0.15) is 44.6 Å². The molecule has 1 unspecified atom stereocenters. The molecule has 0 aromatic heterocycles. The van der Waals surface area contributed by atoms with Crippen LogP contribution in [0.3, 0.4) is 0 Å². The standard InChI is InChI=1S/C19H29N3OS.HI/c1-2-20-19(22-14-17-10-6-12-24-17)21-13-15-7-3-4-11-18(15)23-16-8-5-9-16;/h3-4,7,11,16-17H,2,5-6,8-10,12-14H2,1H3,(H2,20,21,22);1H. The minimum absolute atomic E-state index is 0. The third-order valence-electron chi connectivity index (χ3n) is 4.59. The van der Waals surface area contributed by atoms with Crippen molar-refractivity contribution in [2.45, 2.75) is 56.9 Å². The summed E-state index contributed by atoms with van der Waals surface area (Å²) in [7, 11) is 0. The van der Waals surface area contributed by atoms with Crippen LogP contribution in [0, 0.1) is 0 Å². The molecule has 1 aliphatic heterocycles. The van der Waals surface area contributed by atoms with Gasteiger partial charge in [0.05, 0.1) is 12.6 Å². The van der Waals surface area contributed by atoms with Crippen molar-refractivity contribution in [2.75, 3.05) is 18.8 Å². The Bertz CT molecular complexity index is 545. The highest BCUT2D eigenvalue weighted by molar-refractivity contribution is 14.0. The summed E-state index contributed by atoms with van der Waals surface area (Å²) >= 11 is 2.07. The van der Waals surface area contributed by atoms with Crippen molar-refractivity contribution >= 4 is 41.7 Å². The Morgan fingerprint density at radius 1 is 1.20 bits per heavy atom. The Balaban J connectivity index is 0.00000225. The lowest BCUT2D eigenvalue weighted by atomic mass is 9.96. The van der Waals surface area contributed by atoms with Gasteiger partial charge in [0.2, 0.25) is 0 Å². The fourth-order valence-electron chi connectivity index (χ4n) is 2.94. The van der Waals surface area contributed by atoms with E-state index in [0.717, 1.165) is 35.6 Å². The predicted octanol–water partition coefficient (Wildman–Crippen LogP) is 4.19. The maximum absolute atomic E-state index is 6.10. The molecular weight excluding hydrogens is 445 g/mol. The number of nitrogens with one attached hydrogen (secondary N) is 2. The van der Waals surface area contributed by atoms with Gasteiger partial charge in [-0.1, -0.05) is 18.2 Å². The van der Waals surface area contributed by atoms with E-state index in [1.165, 1.54) is 37.9 Å². The van der Waals surface area contributed by atoms with Gasteiger partial charge >= 0.3 is 0 Å². The van der Waals surface area contributed by atoms with Crippen LogP contribution in [0.2, 0.25) is 0 Å². The number of guanidine groups is 1. The van der Waals surface area contributed by atoms with E-state index in [-0.39, 0.29) is 24.0 Å². The third kappa shape index (κ3) is 6.55. The second kappa shape index (κ2) is 11.2. The SMILES string of the molecule is CCNC(=NCc1ccccc1OC1CCC1)NCC1CCCS1.I. The van der Waals surface area contributed by atoms with E-state index in [2.05, 4.69) is 47.5 Å². The van der Waals surface area contributed by atoms with Crippen molar-refractivity contribution in [1.82, 2.24) is 10.6 Å². The molecular formula is C19H30IN3OS.